The molecule has 0 heterocycles. The molecule has 1 fully saturated rings. The van der Waals surface area contributed by atoms with Crippen molar-refractivity contribution >= 4 is 12.4 Å². The second-order valence-corrected chi connectivity index (χ2v) is 3.81. The van der Waals surface area contributed by atoms with Crippen LogP contribution in [0, 0.1) is 0 Å². The maximum atomic E-state index is 9.05. The van der Waals surface area contributed by atoms with Crippen LogP contribution < -0.4 is 5.73 Å². The van der Waals surface area contributed by atoms with Gasteiger partial charge in [-0.25, -0.2) is 0 Å². The van der Waals surface area contributed by atoms with Crippen molar-refractivity contribution in [2.75, 3.05) is 6.61 Å². The zero-order chi connectivity index (χ0) is 9.31. The van der Waals surface area contributed by atoms with Crippen molar-refractivity contribution in [2.24, 2.45) is 5.73 Å². The van der Waals surface area contributed by atoms with E-state index in [-0.39, 0.29) is 30.5 Å². The number of aliphatic hydroxyl groups is 1. The van der Waals surface area contributed by atoms with Crippen molar-refractivity contribution in [3.05, 3.63) is 35.9 Å². The van der Waals surface area contributed by atoms with Crippen LogP contribution in [0.2, 0.25) is 0 Å². The molecule has 1 saturated carbocycles. The second kappa shape index (κ2) is 4.30. The van der Waals surface area contributed by atoms with E-state index in [2.05, 4.69) is 12.1 Å². The van der Waals surface area contributed by atoms with Crippen molar-refractivity contribution < 1.29 is 5.11 Å². The Morgan fingerprint density at radius 2 is 1.86 bits per heavy atom. The molecule has 1 aliphatic carbocycles. The molecule has 0 aliphatic heterocycles. The molecule has 1 aromatic rings. The van der Waals surface area contributed by atoms with Gasteiger partial charge >= 0.3 is 0 Å². The van der Waals surface area contributed by atoms with E-state index in [4.69, 9.17) is 10.8 Å². The predicted octanol–water partition coefficient (Wildman–Crippen LogP) is 1.46. The topological polar surface area (TPSA) is 46.2 Å². The highest BCUT2D eigenvalue weighted by Gasteiger charge is 2.48. The van der Waals surface area contributed by atoms with Gasteiger partial charge in [0.1, 0.15) is 0 Å². The Balaban J connectivity index is 0.000000980. The number of hydrogen-bond acceptors (Lipinski definition) is 2. The molecule has 2 nitrogen and oxygen atoms in total. The average molecular weight is 214 g/mol. The van der Waals surface area contributed by atoms with E-state index >= 15 is 0 Å². The minimum atomic E-state index is -0.102. The highest BCUT2D eigenvalue weighted by molar-refractivity contribution is 5.85. The zero-order valence-corrected chi connectivity index (χ0v) is 8.83. The van der Waals surface area contributed by atoms with Crippen LogP contribution >= 0.6 is 12.4 Å². The van der Waals surface area contributed by atoms with Crippen LogP contribution in [0.5, 0.6) is 0 Å². The molecule has 2 rings (SSSR count). The maximum Gasteiger partial charge on any atom is 0.0591 e. The van der Waals surface area contributed by atoms with Crippen molar-refractivity contribution in [1.29, 1.82) is 0 Å². The van der Waals surface area contributed by atoms with Gasteiger partial charge in [0.25, 0.3) is 0 Å². The van der Waals surface area contributed by atoms with Gasteiger partial charge in [0.15, 0.2) is 0 Å². The smallest absolute Gasteiger partial charge is 0.0591 e. The number of nitrogens with two attached hydrogens (primary N) is 1. The van der Waals surface area contributed by atoms with Gasteiger partial charge < -0.3 is 10.8 Å². The second-order valence-electron chi connectivity index (χ2n) is 3.81. The fraction of sp³-hybridized carbons (Fsp3) is 0.455. The summed E-state index contributed by atoms with van der Waals surface area (Å²) in [6.07, 6.45) is 2.22. The van der Waals surface area contributed by atoms with E-state index < -0.39 is 0 Å². The minimum Gasteiger partial charge on any atom is -0.395 e. The van der Waals surface area contributed by atoms with Gasteiger partial charge in [-0.2, -0.15) is 0 Å². The van der Waals surface area contributed by atoms with Gasteiger partial charge in [-0.3, -0.25) is 0 Å². The monoisotopic (exact) mass is 213 g/mol. The fourth-order valence-electron chi connectivity index (χ4n) is 1.95. The molecule has 0 spiro atoms. The molecule has 0 saturated heterocycles. The number of hydrogen-bond donors (Lipinski definition) is 2. The summed E-state index contributed by atoms with van der Waals surface area (Å²) in [6, 6.07) is 10.2. The molecule has 78 valence electrons. The summed E-state index contributed by atoms with van der Waals surface area (Å²) in [7, 11) is 0. The molecule has 1 aliphatic rings. The zero-order valence-electron chi connectivity index (χ0n) is 8.02. The first-order valence-electron chi connectivity index (χ1n) is 4.71. The van der Waals surface area contributed by atoms with Gasteiger partial charge in [-0.1, -0.05) is 30.3 Å². The lowest BCUT2D eigenvalue weighted by atomic mass is 9.89. The van der Waals surface area contributed by atoms with Crippen LogP contribution in [-0.2, 0) is 5.41 Å². The molecule has 0 radical (unpaired) electrons. The molecule has 3 N–H and O–H groups in total. The molecule has 0 aromatic heterocycles. The molecule has 0 bridgehead atoms. The molecule has 0 unspecified atom stereocenters. The van der Waals surface area contributed by atoms with Crippen molar-refractivity contribution in [3.8, 4) is 0 Å². The molecule has 14 heavy (non-hydrogen) atoms. The SMILES string of the molecule is Cl.N[C@H](CO)C1(c2ccccc2)CC1. The van der Waals surface area contributed by atoms with Gasteiger partial charge in [0.05, 0.1) is 6.61 Å². The first-order valence-corrected chi connectivity index (χ1v) is 4.71. The van der Waals surface area contributed by atoms with Gasteiger partial charge in [0.2, 0.25) is 0 Å². The van der Waals surface area contributed by atoms with Crippen molar-refractivity contribution in [3.63, 3.8) is 0 Å². The number of benzene rings is 1. The number of halogens is 1. The Morgan fingerprint density at radius 1 is 1.29 bits per heavy atom. The van der Waals surface area contributed by atoms with Crippen LogP contribution in [0.1, 0.15) is 18.4 Å². The van der Waals surface area contributed by atoms with Crippen molar-refractivity contribution in [1.82, 2.24) is 0 Å². The highest BCUT2D eigenvalue weighted by Crippen LogP contribution is 2.50. The first kappa shape index (κ1) is 11.5. The molecule has 0 amide bonds. The third-order valence-electron chi connectivity index (χ3n) is 3.04. The Hall–Kier alpha value is -0.570. The summed E-state index contributed by atoms with van der Waals surface area (Å²) in [6.45, 7) is 0.0783. The van der Waals surface area contributed by atoms with E-state index in [1.165, 1.54) is 5.56 Å². The third kappa shape index (κ3) is 1.78. The van der Waals surface area contributed by atoms with E-state index in [0.29, 0.717) is 0 Å². The van der Waals surface area contributed by atoms with Crippen molar-refractivity contribution in [2.45, 2.75) is 24.3 Å². The standard InChI is InChI=1S/C11H15NO.ClH/c12-10(8-13)11(6-7-11)9-4-2-1-3-5-9;/h1-5,10,13H,6-8,12H2;1H/t10-;/m1./s1. The molecule has 1 aromatic carbocycles. The number of aliphatic hydroxyl groups excluding tert-OH is 1. The lowest BCUT2D eigenvalue weighted by Crippen LogP contribution is -2.37. The maximum absolute atomic E-state index is 9.05. The van der Waals surface area contributed by atoms with Gasteiger partial charge in [-0.05, 0) is 18.4 Å². The Labute approximate surface area is 90.5 Å². The van der Waals surface area contributed by atoms with Crippen LogP contribution in [0.25, 0.3) is 0 Å². The van der Waals surface area contributed by atoms with E-state index in [1.54, 1.807) is 0 Å². The van der Waals surface area contributed by atoms with Crippen LogP contribution in [-0.4, -0.2) is 17.8 Å². The molecular formula is C11H16ClNO. The normalized spacial score (nSPS) is 19.6. The lowest BCUT2D eigenvalue weighted by Gasteiger charge is -2.21. The summed E-state index contributed by atoms with van der Waals surface area (Å²) < 4.78 is 0. The third-order valence-corrected chi connectivity index (χ3v) is 3.04. The first-order chi connectivity index (χ1) is 6.29. The summed E-state index contributed by atoms with van der Waals surface area (Å²) in [5, 5.41) is 9.05. The van der Waals surface area contributed by atoms with E-state index in [0.717, 1.165) is 12.8 Å². The van der Waals surface area contributed by atoms with Gasteiger partial charge in [-0.15, -0.1) is 12.4 Å². The molecular weight excluding hydrogens is 198 g/mol. The number of rotatable bonds is 3. The fourth-order valence-corrected chi connectivity index (χ4v) is 1.95. The van der Waals surface area contributed by atoms with E-state index in [1.807, 2.05) is 18.2 Å². The van der Waals surface area contributed by atoms with E-state index in [9.17, 15) is 0 Å². The van der Waals surface area contributed by atoms with Crippen LogP contribution in [0.3, 0.4) is 0 Å². The quantitative estimate of drug-likeness (QED) is 0.799. The average Bonchev–Trinajstić information content (AvgIpc) is 2.99. The molecule has 1 atom stereocenters. The van der Waals surface area contributed by atoms with Crippen LogP contribution in [0.15, 0.2) is 30.3 Å². The summed E-state index contributed by atoms with van der Waals surface area (Å²) in [5.74, 6) is 0. The van der Waals surface area contributed by atoms with Gasteiger partial charge in [0, 0.05) is 11.5 Å². The lowest BCUT2D eigenvalue weighted by molar-refractivity contribution is 0.242. The largest absolute Gasteiger partial charge is 0.395 e. The van der Waals surface area contributed by atoms with Crippen LogP contribution in [0.4, 0.5) is 0 Å². The minimum absolute atomic E-state index is 0. The Morgan fingerprint density at radius 3 is 2.29 bits per heavy atom. The summed E-state index contributed by atoms with van der Waals surface area (Å²) in [5.41, 5.74) is 7.25. The molecule has 3 heteroatoms. The summed E-state index contributed by atoms with van der Waals surface area (Å²) in [4.78, 5) is 0. The summed E-state index contributed by atoms with van der Waals surface area (Å²) >= 11 is 0. The Bertz CT molecular complexity index is 285. The Kier molecular flexibility index (Phi) is 3.53. The predicted molar refractivity (Wildman–Crippen MR) is 59.7 cm³/mol. The highest BCUT2D eigenvalue weighted by atomic mass is 35.5.